The SMILES string of the molecule is COC(C)C(=O)Nc1ccc(CC(C)C(=O)O)cc1. The van der Waals surface area contributed by atoms with E-state index in [0.29, 0.717) is 12.1 Å². The van der Waals surface area contributed by atoms with Crippen molar-refractivity contribution in [1.29, 1.82) is 0 Å². The van der Waals surface area contributed by atoms with Crippen LogP contribution in [0.5, 0.6) is 0 Å². The molecule has 2 atom stereocenters. The predicted molar refractivity (Wildman–Crippen MR) is 72.0 cm³/mol. The Morgan fingerprint density at radius 3 is 2.32 bits per heavy atom. The van der Waals surface area contributed by atoms with Crippen molar-refractivity contribution in [2.75, 3.05) is 12.4 Å². The normalized spacial score (nSPS) is 13.6. The molecule has 1 rings (SSSR count). The number of hydrogen-bond acceptors (Lipinski definition) is 3. The average molecular weight is 265 g/mol. The molecule has 2 unspecified atom stereocenters. The quantitative estimate of drug-likeness (QED) is 0.824. The lowest BCUT2D eigenvalue weighted by molar-refractivity contribution is -0.141. The van der Waals surface area contributed by atoms with Gasteiger partial charge in [0.05, 0.1) is 5.92 Å². The summed E-state index contributed by atoms with van der Waals surface area (Å²) in [7, 11) is 1.47. The first-order chi connectivity index (χ1) is 8.93. The summed E-state index contributed by atoms with van der Waals surface area (Å²) in [5.74, 6) is -1.45. The minimum atomic E-state index is -0.814. The zero-order valence-corrected chi connectivity index (χ0v) is 11.3. The largest absolute Gasteiger partial charge is 0.481 e. The van der Waals surface area contributed by atoms with E-state index in [1.54, 1.807) is 26.0 Å². The van der Waals surface area contributed by atoms with Gasteiger partial charge in [-0.2, -0.15) is 0 Å². The van der Waals surface area contributed by atoms with Gasteiger partial charge in [0.15, 0.2) is 0 Å². The molecule has 0 heterocycles. The van der Waals surface area contributed by atoms with Crippen molar-refractivity contribution in [3.63, 3.8) is 0 Å². The highest BCUT2D eigenvalue weighted by Gasteiger charge is 2.13. The van der Waals surface area contributed by atoms with E-state index in [2.05, 4.69) is 5.32 Å². The van der Waals surface area contributed by atoms with Crippen LogP contribution in [0.25, 0.3) is 0 Å². The maximum absolute atomic E-state index is 11.6. The Bertz CT molecular complexity index is 441. The Labute approximate surface area is 112 Å². The molecule has 5 heteroatoms. The van der Waals surface area contributed by atoms with Gasteiger partial charge < -0.3 is 15.2 Å². The van der Waals surface area contributed by atoms with Crippen LogP contribution in [0.1, 0.15) is 19.4 Å². The number of benzene rings is 1. The Morgan fingerprint density at radius 2 is 1.84 bits per heavy atom. The van der Waals surface area contributed by atoms with Gasteiger partial charge in [0.1, 0.15) is 6.10 Å². The molecule has 0 aliphatic heterocycles. The van der Waals surface area contributed by atoms with Crippen molar-refractivity contribution in [2.24, 2.45) is 5.92 Å². The van der Waals surface area contributed by atoms with Crippen LogP contribution in [0.4, 0.5) is 5.69 Å². The molecule has 0 fully saturated rings. The Morgan fingerprint density at radius 1 is 1.26 bits per heavy atom. The van der Waals surface area contributed by atoms with Gasteiger partial charge in [-0.15, -0.1) is 0 Å². The number of carboxylic acids is 1. The van der Waals surface area contributed by atoms with Gasteiger partial charge >= 0.3 is 5.97 Å². The molecular weight excluding hydrogens is 246 g/mol. The van der Waals surface area contributed by atoms with Crippen molar-refractivity contribution in [3.05, 3.63) is 29.8 Å². The van der Waals surface area contributed by atoms with Crippen LogP contribution in [0.3, 0.4) is 0 Å². The lowest BCUT2D eigenvalue weighted by atomic mass is 10.0. The summed E-state index contributed by atoms with van der Waals surface area (Å²) >= 11 is 0. The lowest BCUT2D eigenvalue weighted by Crippen LogP contribution is -2.26. The second-order valence-electron chi connectivity index (χ2n) is 4.51. The number of hydrogen-bond donors (Lipinski definition) is 2. The summed E-state index contributed by atoms with van der Waals surface area (Å²) in [5, 5.41) is 11.5. The van der Waals surface area contributed by atoms with Crippen molar-refractivity contribution < 1.29 is 19.4 Å². The predicted octanol–water partition coefficient (Wildman–Crippen LogP) is 1.92. The third-order valence-electron chi connectivity index (χ3n) is 2.91. The number of rotatable bonds is 6. The van der Waals surface area contributed by atoms with Gasteiger partial charge in [0, 0.05) is 12.8 Å². The molecule has 19 heavy (non-hydrogen) atoms. The van der Waals surface area contributed by atoms with Gasteiger partial charge in [0.2, 0.25) is 0 Å². The maximum atomic E-state index is 11.6. The van der Waals surface area contributed by atoms with E-state index >= 15 is 0 Å². The van der Waals surface area contributed by atoms with Crippen molar-refractivity contribution in [2.45, 2.75) is 26.4 Å². The fourth-order valence-electron chi connectivity index (χ4n) is 1.52. The molecule has 1 aromatic rings. The van der Waals surface area contributed by atoms with E-state index in [9.17, 15) is 9.59 Å². The molecule has 0 saturated carbocycles. The van der Waals surface area contributed by atoms with Crippen LogP contribution in [0.15, 0.2) is 24.3 Å². The highest BCUT2D eigenvalue weighted by atomic mass is 16.5. The molecule has 0 aliphatic rings. The number of anilines is 1. The first-order valence-corrected chi connectivity index (χ1v) is 6.09. The number of amides is 1. The number of methoxy groups -OCH3 is 1. The molecule has 0 bridgehead atoms. The van der Waals surface area contributed by atoms with E-state index in [0.717, 1.165) is 5.56 Å². The van der Waals surface area contributed by atoms with E-state index in [1.165, 1.54) is 7.11 Å². The molecule has 104 valence electrons. The topological polar surface area (TPSA) is 75.6 Å². The second-order valence-corrected chi connectivity index (χ2v) is 4.51. The highest BCUT2D eigenvalue weighted by Crippen LogP contribution is 2.14. The van der Waals surface area contributed by atoms with E-state index < -0.39 is 18.0 Å². The van der Waals surface area contributed by atoms with E-state index in [4.69, 9.17) is 9.84 Å². The molecule has 0 radical (unpaired) electrons. The molecule has 1 amide bonds. The Hall–Kier alpha value is -1.88. The van der Waals surface area contributed by atoms with Gasteiger partial charge in [-0.25, -0.2) is 0 Å². The van der Waals surface area contributed by atoms with Crippen LogP contribution in [-0.2, 0) is 20.7 Å². The molecule has 0 spiro atoms. The summed E-state index contributed by atoms with van der Waals surface area (Å²) in [6, 6.07) is 7.13. The van der Waals surface area contributed by atoms with Gasteiger partial charge in [-0.05, 0) is 31.0 Å². The first kappa shape index (κ1) is 15.2. The van der Waals surface area contributed by atoms with Gasteiger partial charge in [-0.1, -0.05) is 19.1 Å². The van der Waals surface area contributed by atoms with E-state index in [-0.39, 0.29) is 5.91 Å². The summed E-state index contributed by atoms with van der Waals surface area (Å²) in [4.78, 5) is 22.3. The number of nitrogens with one attached hydrogen (secondary N) is 1. The molecule has 2 N–H and O–H groups in total. The molecule has 1 aromatic carbocycles. The Balaban J connectivity index is 2.61. The van der Waals surface area contributed by atoms with Crippen LogP contribution in [-0.4, -0.2) is 30.2 Å². The van der Waals surface area contributed by atoms with Crippen LogP contribution in [0.2, 0.25) is 0 Å². The fraction of sp³-hybridized carbons (Fsp3) is 0.429. The zero-order valence-electron chi connectivity index (χ0n) is 11.3. The van der Waals surface area contributed by atoms with Crippen LogP contribution >= 0.6 is 0 Å². The first-order valence-electron chi connectivity index (χ1n) is 6.09. The third kappa shape index (κ3) is 4.71. The molecule has 0 aromatic heterocycles. The standard InChI is InChI=1S/C14H19NO4/c1-9(14(17)18)8-11-4-6-12(7-5-11)15-13(16)10(2)19-3/h4-7,9-10H,8H2,1-3H3,(H,15,16)(H,17,18). The molecular formula is C14H19NO4. The summed E-state index contributed by atoms with van der Waals surface area (Å²) in [6.07, 6.45) is -0.0374. The van der Waals surface area contributed by atoms with Gasteiger partial charge in [0.25, 0.3) is 5.91 Å². The number of ether oxygens (including phenoxy) is 1. The maximum Gasteiger partial charge on any atom is 0.306 e. The van der Waals surface area contributed by atoms with Crippen molar-refractivity contribution >= 4 is 17.6 Å². The number of carbonyl (C=O) groups excluding carboxylic acids is 1. The van der Waals surface area contributed by atoms with Crippen LogP contribution in [0, 0.1) is 5.92 Å². The lowest BCUT2D eigenvalue weighted by Gasteiger charge is -2.11. The second kappa shape index (κ2) is 6.89. The minimum absolute atomic E-state index is 0.214. The third-order valence-corrected chi connectivity index (χ3v) is 2.91. The smallest absolute Gasteiger partial charge is 0.306 e. The number of carbonyl (C=O) groups is 2. The van der Waals surface area contributed by atoms with Crippen LogP contribution < -0.4 is 5.32 Å². The monoisotopic (exact) mass is 265 g/mol. The molecule has 5 nitrogen and oxygen atoms in total. The summed E-state index contributed by atoms with van der Waals surface area (Å²) in [6.45, 7) is 3.33. The summed E-state index contributed by atoms with van der Waals surface area (Å²) < 4.78 is 4.91. The molecule has 0 saturated heterocycles. The number of aliphatic carboxylic acids is 1. The number of carboxylic acid groups (broad SMARTS) is 1. The Kier molecular flexibility index (Phi) is 5.51. The van der Waals surface area contributed by atoms with Crippen molar-refractivity contribution in [3.8, 4) is 0 Å². The zero-order chi connectivity index (χ0) is 14.4. The van der Waals surface area contributed by atoms with Crippen molar-refractivity contribution in [1.82, 2.24) is 0 Å². The highest BCUT2D eigenvalue weighted by molar-refractivity contribution is 5.93. The minimum Gasteiger partial charge on any atom is -0.481 e. The van der Waals surface area contributed by atoms with E-state index in [1.807, 2.05) is 12.1 Å². The van der Waals surface area contributed by atoms with Gasteiger partial charge in [-0.3, -0.25) is 9.59 Å². The summed E-state index contributed by atoms with van der Waals surface area (Å²) in [5.41, 5.74) is 1.59. The molecule has 0 aliphatic carbocycles. The fourth-order valence-corrected chi connectivity index (χ4v) is 1.52. The average Bonchev–Trinajstić information content (AvgIpc) is 2.39.